The van der Waals surface area contributed by atoms with Gasteiger partial charge in [-0.3, -0.25) is 0 Å². The Morgan fingerprint density at radius 3 is 1.52 bits per heavy atom. The monoisotopic (exact) mass is 328 g/mol. The number of aliphatic carboxylic acids is 2. The number of rotatable bonds is 4. The summed E-state index contributed by atoms with van der Waals surface area (Å²) in [5, 5.41) is 31.0. The second kappa shape index (κ2) is 17.3. The minimum Gasteiger partial charge on any atom is -0.478 e. The predicted molar refractivity (Wildman–Crippen MR) is 87.7 cm³/mol. The summed E-state index contributed by atoms with van der Waals surface area (Å²) in [4.78, 5) is 23.0. The zero-order chi connectivity index (χ0) is 18.8. The van der Waals surface area contributed by atoms with E-state index in [9.17, 15) is 9.59 Å². The van der Waals surface area contributed by atoms with Crippen molar-refractivity contribution in [3.63, 3.8) is 0 Å². The molecule has 0 amide bonds. The Labute approximate surface area is 135 Å². The predicted octanol–water partition coefficient (Wildman–Crippen LogP) is 1.25. The van der Waals surface area contributed by atoms with Crippen LogP contribution in [0.25, 0.3) is 6.20 Å². The summed E-state index contributed by atoms with van der Waals surface area (Å²) in [6.07, 6.45) is 6.91. The second-order valence-corrected chi connectivity index (χ2v) is 3.81. The molecule has 0 spiro atoms. The van der Waals surface area contributed by atoms with Crippen molar-refractivity contribution in [1.29, 1.82) is 0 Å². The van der Waals surface area contributed by atoms with Crippen molar-refractivity contribution >= 4 is 18.1 Å². The number of hydrogen-bond donors (Lipinski definition) is 4. The molecule has 8 nitrogen and oxygen atoms in total. The molecule has 1 aromatic rings. The first-order valence-corrected chi connectivity index (χ1v) is 6.23. The second-order valence-electron chi connectivity index (χ2n) is 3.81. The van der Waals surface area contributed by atoms with Crippen molar-refractivity contribution in [2.75, 3.05) is 13.2 Å². The van der Waals surface area contributed by atoms with Gasteiger partial charge in [0.05, 0.1) is 19.5 Å². The number of nitrogens with zero attached hydrogens (tertiary/aromatic N) is 2. The smallest absolute Gasteiger partial charge is 0.330 e. The van der Waals surface area contributed by atoms with E-state index in [1.165, 1.54) is 13.8 Å². The lowest BCUT2D eigenvalue weighted by Gasteiger charge is -1.80. The van der Waals surface area contributed by atoms with Crippen LogP contribution in [0.15, 0.2) is 49.6 Å². The minimum atomic E-state index is -0.935. The Kier molecular flexibility index (Phi) is 19.0. The molecule has 0 aromatic carbocycles. The van der Waals surface area contributed by atoms with E-state index in [0.29, 0.717) is 0 Å². The van der Waals surface area contributed by atoms with Crippen molar-refractivity contribution in [1.82, 2.24) is 9.55 Å². The first-order valence-electron chi connectivity index (χ1n) is 6.23. The Balaban J connectivity index is -0.000000237. The number of carboxylic acids is 2. The van der Waals surface area contributed by atoms with Gasteiger partial charge in [0, 0.05) is 29.7 Å². The Morgan fingerprint density at radius 1 is 1.09 bits per heavy atom. The van der Waals surface area contributed by atoms with Crippen LogP contribution in [0.3, 0.4) is 0 Å². The van der Waals surface area contributed by atoms with Crippen LogP contribution in [0.4, 0.5) is 0 Å². The van der Waals surface area contributed by atoms with Gasteiger partial charge < -0.3 is 25.0 Å². The van der Waals surface area contributed by atoms with Crippen LogP contribution in [0.2, 0.25) is 0 Å². The Bertz CT molecular complexity index is 430. The molecule has 0 saturated heterocycles. The molecule has 0 fully saturated rings. The third-order valence-electron chi connectivity index (χ3n) is 1.57. The summed E-state index contributed by atoms with van der Waals surface area (Å²) >= 11 is 0. The van der Waals surface area contributed by atoms with Crippen molar-refractivity contribution in [2.24, 2.45) is 0 Å². The highest BCUT2D eigenvalue weighted by molar-refractivity contribution is 5.85. The standard InChI is InChI=1S/C5H6N2.2C4H6O2.C2H6O2/c1-2-7-4-3-6-5-7;2*1-3(2)4(5)6;3-1-2-4/h2-5H,1H2;2*1H2,2H3,(H,5,6);3-4H,1-2H2. The lowest BCUT2D eigenvalue weighted by Crippen LogP contribution is -1.92. The number of aromatic nitrogens is 2. The first kappa shape index (κ1) is 25.3. The minimum absolute atomic E-state index is 0.125. The highest BCUT2D eigenvalue weighted by Crippen LogP contribution is 1.82. The fourth-order valence-electron chi connectivity index (χ4n) is 0.377. The molecule has 8 heteroatoms. The third-order valence-corrected chi connectivity index (χ3v) is 1.57. The summed E-state index contributed by atoms with van der Waals surface area (Å²) in [5.41, 5.74) is 0.352. The first-order chi connectivity index (χ1) is 10.6. The molecular weight excluding hydrogens is 304 g/mol. The van der Waals surface area contributed by atoms with E-state index >= 15 is 0 Å². The quantitative estimate of drug-likeness (QED) is 0.611. The topological polar surface area (TPSA) is 133 Å². The fourth-order valence-corrected chi connectivity index (χ4v) is 0.377. The average molecular weight is 328 g/mol. The van der Waals surface area contributed by atoms with Gasteiger partial charge in [-0.1, -0.05) is 19.7 Å². The number of carbonyl (C=O) groups is 2. The van der Waals surface area contributed by atoms with Crippen molar-refractivity contribution in [3.8, 4) is 0 Å². The number of imidazole rings is 1. The van der Waals surface area contributed by atoms with E-state index < -0.39 is 11.9 Å². The maximum atomic E-state index is 9.60. The molecule has 0 bridgehead atoms. The van der Waals surface area contributed by atoms with Crippen LogP contribution in [0, 0.1) is 0 Å². The van der Waals surface area contributed by atoms with Gasteiger partial charge in [0.2, 0.25) is 0 Å². The maximum absolute atomic E-state index is 9.60. The molecule has 0 aliphatic carbocycles. The van der Waals surface area contributed by atoms with Crippen LogP contribution in [-0.4, -0.2) is 55.1 Å². The van der Waals surface area contributed by atoms with Crippen molar-refractivity contribution < 1.29 is 30.0 Å². The van der Waals surface area contributed by atoms with Crippen LogP contribution in [0.1, 0.15) is 13.8 Å². The normalized spacial score (nSPS) is 7.83. The van der Waals surface area contributed by atoms with Crippen LogP contribution in [-0.2, 0) is 9.59 Å². The molecule has 0 saturated carbocycles. The van der Waals surface area contributed by atoms with Gasteiger partial charge in [0.15, 0.2) is 0 Å². The maximum Gasteiger partial charge on any atom is 0.330 e. The molecule has 0 radical (unpaired) electrons. The van der Waals surface area contributed by atoms with E-state index in [1.54, 1.807) is 23.3 Å². The molecule has 23 heavy (non-hydrogen) atoms. The van der Waals surface area contributed by atoms with Crippen LogP contribution >= 0.6 is 0 Å². The largest absolute Gasteiger partial charge is 0.478 e. The van der Waals surface area contributed by atoms with Gasteiger partial charge in [-0.2, -0.15) is 0 Å². The number of aliphatic hydroxyl groups excluding tert-OH is 2. The average Bonchev–Trinajstić information content (AvgIpc) is 3.02. The molecule has 4 N–H and O–H groups in total. The van der Waals surface area contributed by atoms with Gasteiger partial charge in [-0.05, 0) is 13.8 Å². The van der Waals surface area contributed by atoms with E-state index in [4.69, 9.17) is 20.4 Å². The molecular formula is C15H24N2O6. The Morgan fingerprint density at radius 2 is 1.43 bits per heavy atom. The fraction of sp³-hybridized carbons (Fsp3) is 0.267. The molecule has 0 aliphatic rings. The highest BCUT2D eigenvalue weighted by Gasteiger charge is 1.90. The van der Waals surface area contributed by atoms with Gasteiger partial charge in [0.25, 0.3) is 0 Å². The molecule has 0 unspecified atom stereocenters. The molecule has 1 aromatic heterocycles. The summed E-state index contributed by atoms with van der Waals surface area (Å²) in [5.74, 6) is -1.87. The summed E-state index contributed by atoms with van der Waals surface area (Å²) in [7, 11) is 0. The van der Waals surface area contributed by atoms with Crippen molar-refractivity contribution in [3.05, 3.63) is 49.6 Å². The number of carboxylic acid groups (broad SMARTS) is 2. The molecule has 0 atom stereocenters. The van der Waals surface area contributed by atoms with Gasteiger partial charge in [-0.25, -0.2) is 14.6 Å². The highest BCUT2D eigenvalue weighted by atomic mass is 16.4. The molecule has 1 rings (SSSR count). The summed E-state index contributed by atoms with van der Waals surface area (Å²) in [6, 6.07) is 0. The number of aliphatic hydroxyl groups is 2. The zero-order valence-electron chi connectivity index (χ0n) is 13.3. The molecule has 0 aliphatic heterocycles. The van der Waals surface area contributed by atoms with Crippen LogP contribution < -0.4 is 0 Å². The van der Waals surface area contributed by atoms with E-state index in [0.717, 1.165) is 0 Å². The molecule has 130 valence electrons. The van der Waals surface area contributed by atoms with Gasteiger partial charge >= 0.3 is 11.9 Å². The lowest BCUT2D eigenvalue weighted by atomic mass is 10.4. The summed E-state index contributed by atoms with van der Waals surface area (Å²) in [6.45, 7) is 12.5. The number of hydrogen-bond acceptors (Lipinski definition) is 5. The Hall–Kier alpha value is -2.71. The third kappa shape index (κ3) is 24.7. The molecule has 1 heterocycles. The van der Waals surface area contributed by atoms with E-state index in [1.807, 2.05) is 6.20 Å². The SMILES string of the molecule is C=C(C)C(=O)O.C=C(C)C(=O)O.C=Cn1ccnc1.OCCO. The van der Waals surface area contributed by atoms with Gasteiger partial charge in [0.1, 0.15) is 0 Å². The summed E-state index contributed by atoms with van der Waals surface area (Å²) < 4.78 is 1.78. The van der Waals surface area contributed by atoms with Crippen molar-refractivity contribution in [2.45, 2.75) is 13.8 Å². The lowest BCUT2D eigenvalue weighted by molar-refractivity contribution is -0.133. The van der Waals surface area contributed by atoms with Gasteiger partial charge in [-0.15, -0.1) is 0 Å². The zero-order valence-corrected chi connectivity index (χ0v) is 13.3. The van der Waals surface area contributed by atoms with E-state index in [-0.39, 0.29) is 24.4 Å². The van der Waals surface area contributed by atoms with Crippen LogP contribution in [0.5, 0.6) is 0 Å². The van der Waals surface area contributed by atoms with E-state index in [2.05, 4.69) is 24.7 Å².